The van der Waals surface area contributed by atoms with Crippen molar-refractivity contribution in [1.82, 2.24) is 29.0 Å². The van der Waals surface area contributed by atoms with Crippen LogP contribution in [-0.2, 0) is 33.0 Å². The van der Waals surface area contributed by atoms with E-state index in [1.165, 1.54) is 28.2 Å². The highest BCUT2D eigenvalue weighted by Crippen LogP contribution is 2.34. The highest BCUT2D eigenvalue weighted by molar-refractivity contribution is 7.89. The lowest BCUT2D eigenvalue weighted by Crippen LogP contribution is -2.38. The topological polar surface area (TPSA) is 140 Å². The summed E-state index contributed by atoms with van der Waals surface area (Å²) in [4.78, 5) is 35.6. The van der Waals surface area contributed by atoms with Gasteiger partial charge in [0.05, 0.1) is 22.8 Å². The number of carbonyl (C=O) groups excluding carboxylic acids is 1. The normalized spacial score (nSPS) is 16.7. The molecule has 260 valence electrons. The number of sulfonamides is 1. The Morgan fingerprint density at radius 2 is 1.79 bits per heavy atom. The van der Waals surface area contributed by atoms with E-state index < -0.39 is 10.0 Å². The maximum absolute atomic E-state index is 13.8. The SMILES string of the molecule is CCCOc1ccc(S(=O)(=O)N2CCC(CCC(=O)OCCN3CCCCC3)CC2)cc1-c1nc2c(CCC)nn(C)c2c(=O)[nH]1.Cl. The molecule has 47 heavy (non-hydrogen) atoms. The smallest absolute Gasteiger partial charge is 0.305 e. The molecule has 2 aliphatic rings. The molecule has 1 aromatic carbocycles. The first kappa shape index (κ1) is 36.8. The number of likely N-dealkylation sites (tertiary alicyclic amines) is 1. The fourth-order valence-electron chi connectivity index (χ4n) is 6.43. The van der Waals surface area contributed by atoms with E-state index in [-0.39, 0.29) is 40.6 Å². The van der Waals surface area contributed by atoms with Gasteiger partial charge in [-0.3, -0.25) is 19.2 Å². The summed E-state index contributed by atoms with van der Waals surface area (Å²) in [6.45, 7) is 8.57. The number of nitrogens with one attached hydrogen (secondary N) is 1. The Kier molecular flexibility index (Phi) is 13.2. The Balaban J connectivity index is 0.00000500. The Bertz CT molecular complexity index is 1660. The molecule has 0 spiro atoms. The van der Waals surface area contributed by atoms with Gasteiger partial charge in [-0.1, -0.05) is 26.7 Å². The van der Waals surface area contributed by atoms with Crippen molar-refractivity contribution in [3.05, 3.63) is 34.2 Å². The van der Waals surface area contributed by atoms with Gasteiger partial charge >= 0.3 is 5.97 Å². The zero-order valence-corrected chi connectivity index (χ0v) is 29.5. The molecule has 2 saturated heterocycles. The molecular weight excluding hydrogens is 644 g/mol. The van der Waals surface area contributed by atoms with Crippen molar-refractivity contribution in [3.8, 4) is 17.1 Å². The number of aryl methyl sites for hydroxylation is 2. The van der Waals surface area contributed by atoms with Crippen LogP contribution in [0.2, 0.25) is 0 Å². The first-order valence-corrected chi connectivity index (χ1v) is 18.3. The minimum atomic E-state index is -3.83. The van der Waals surface area contributed by atoms with E-state index in [1.54, 1.807) is 25.2 Å². The van der Waals surface area contributed by atoms with Gasteiger partial charge in [0.2, 0.25) is 10.0 Å². The van der Waals surface area contributed by atoms with E-state index in [9.17, 15) is 18.0 Å². The Hall–Kier alpha value is -3.00. The number of esters is 1. The van der Waals surface area contributed by atoms with Crippen molar-refractivity contribution >= 4 is 39.4 Å². The average molecular weight is 693 g/mol. The number of aromatic nitrogens is 4. The van der Waals surface area contributed by atoms with Gasteiger partial charge < -0.3 is 14.5 Å². The number of halogens is 1. The molecule has 3 aromatic rings. The van der Waals surface area contributed by atoms with Gasteiger partial charge in [0.15, 0.2) is 5.52 Å². The number of H-pyrrole nitrogens is 1. The van der Waals surface area contributed by atoms with E-state index in [4.69, 9.17) is 14.5 Å². The molecule has 2 fully saturated rings. The Labute approximate surface area is 283 Å². The lowest BCUT2D eigenvalue weighted by atomic mass is 9.93. The van der Waals surface area contributed by atoms with Gasteiger partial charge in [0.1, 0.15) is 23.7 Å². The number of fused-ring (bicyclic) bond motifs is 1. The third-order valence-electron chi connectivity index (χ3n) is 9.00. The van der Waals surface area contributed by atoms with Gasteiger partial charge in [0.25, 0.3) is 5.56 Å². The molecule has 0 atom stereocenters. The molecule has 0 radical (unpaired) electrons. The van der Waals surface area contributed by atoms with Crippen LogP contribution < -0.4 is 10.3 Å². The molecular formula is C33H49ClN6O6S. The van der Waals surface area contributed by atoms with E-state index in [0.29, 0.717) is 80.8 Å². The molecule has 0 unspecified atom stereocenters. The molecule has 1 N–H and O–H groups in total. The van der Waals surface area contributed by atoms with Crippen LogP contribution in [0.15, 0.2) is 27.9 Å². The number of hydrogen-bond donors (Lipinski definition) is 1. The predicted octanol–water partition coefficient (Wildman–Crippen LogP) is 4.70. The molecule has 2 aliphatic heterocycles. The summed E-state index contributed by atoms with van der Waals surface area (Å²) >= 11 is 0. The molecule has 2 aromatic heterocycles. The minimum absolute atomic E-state index is 0. The zero-order valence-electron chi connectivity index (χ0n) is 27.8. The highest BCUT2D eigenvalue weighted by Gasteiger charge is 2.31. The number of nitrogens with zero attached hydrogens (tertiary/aromatic N) is 5. The average Bonchev–Trinajstić information content (AvgIpc) is 3.38. The second-order valence-electron chi connectivity index (χ2n) is 12.4. The van der Waals surface area contributed by atoms with Crippen LogP contribution in [0.3, 0.4) is 0 Å². The monoisotopic (exact) mass is 692 g/mol. The summed E-state index contributed by atoms with van der Waals surface area (Å²) in [5, 5.41) is 4.50. The molecule has 0 amide bonds. The molecule has 0 aliphatic carbocycles. The lowest BCUT2D eigenvalue weighted by molar-refractivity contribution is -0.144. The van der Waals surface area contributed by atoms with Crippen LogP contribution in [0, 0.1) is 5.92 Å². The molecule has 0 bridgehead atoms. The number of carbonyl (C=O) groups is 1. The molecule has 14 heteroatoms. The van der Waals surface area contributed by atoms with Crippen molar-refractivity contribution in [2.75, 3.05) is 45.9 Å². The van der Waals surface area contributed by atoms with Gasteiger partial charge in [0, 0.05) is 33.1 Å². The van der Waals surface area contributed by atoms with Gasteiger partial charge in [-0.25, -0.2) is 13.4 Å². The van der Waals surface area contributed by atoms with Gasteiger partial charge in [-0.15, -0.1) is 12.4 Å². The van der Waals surface area contributed by atoms with Crippen LogP contribution >= 0.6 is 12.4 Å². The van der Waals surface area contributed by atoms with Gasteiger partial charge in [-0.2, -0.15) is 9.40 Å². The predicted molar refractivity (Wildman–Crippen MR) is 184 cm³/mol. The first-order chi connectivity index (χ1) is 22.2. The van der Waals surface area contributed by atoms with Crippen molar-refractivity contribution in [2.45, 2.75) is 83.0 Å². The van der Waals surface area contributed by atoms with E-state index in [0.717, 1.165) is 38.2 Å². The molecule has 12 nitrogen and oxygen atoms in total. The molecule has 5 rings (SSSR count). The summed E-state index contributed by atoms with van der Waals surface area (Å²) in [5.74, 6) is 0.778. The van der Waals surface area contributed by atoms with E-state index in [2.05, 4.69) is 15.0 Å². The third-order valence-corrected chi connectivity index (χ3v) is 10.9. The number of piperidine rings is 2. The standard InChI is InChI=1S/C33H48N6O6S.ClH/c1-4-9-27-30-31(37(3)36-27)33(41)35-32(34-30)26-23-25(11-12-28(26)44-21-5-2)46(42,43)39-18-14-24(15-19-39)10-13-29(40)45-22-20-38-16-7-6-8-17-38;/h11-12,23-24H,4-10,13-22H2,1-3H3,(H,34,35,41);1H. The van der Waals surface area contributed by atoms with Crippen LogP contribution in [0.4, 0.5) is 0 Å². The maximum atomic E-state index is 13.8. The van der Waals surface area contributed by atoms with E-state index >= 15 is 0 Å². The molecule has 0 saturated carbocycles. The highest BCUT2D eigenvalue weighted by atomic mass is 35.5. The van der Waals surface area contributed by atoms with Crippen molar-refractivity contribution in [3.63, 3.8) is 0 Å². The summed E-state index contributed by atoms with van der Waals surface area (Å²) < 4.78 is 42.2. The largest absolute Gasteiger partial charge is 0.493 e. The number of ether oxygens (including phenoxy) is 2. The summed E-state index contributed by atoms with van der Waals surface area (Å²) in [5.41, 5.74) is 1.67. The fraction of sp³-hybridized carbons (Fsp3) is 0.636. The summed E-state index contributed by atoms with van der Waals surface area (Å²) in [6, 6.07) is 4.74. The Morgan fingerprint density at radius 1 is 1.04 bits per heavy atom. The minimum Gasteiger partial charge on any atom is -0.493 e. The number of hydrogen-bond acceptors (Lipinski definition) is 9. The van der Waals surface area contributed by atoms with Crippen LogP contribution in [0.25, 0.3) is 22.4 Å². The second kappa shape index (κ2) is 16.9. The molecule has 4 heterocycles. The first-order valence-electron chi connectivity index (χ1n) is 16.8. The zero-order chi connectivity index (χ0) is 32.7. The summed E-state index contributed by atoms with van der Waals surface area (Å²) in [6.07, 6.45) is 8.37. The quantitative estimate of drug-likeness (QED) is 0.238. The number of aromatic amines is 1. The number of benzene rings is 1. The second-order valence-corrected chi connectivity index (χ2v) is 14.4. The van der Waals surface area contributed by atoms with Crippen molar-refractivity contribution in [2.24, 2.45) is 13.0 Å². The van der Waals surface area contributed by atoms with Gasteiger partial charge in [-0.05, 0) is 82.2 Å². The fourth-order valence-corrected chi connectivity index (χ4v) is 7.92. The third kappa shape index (κ3) is 8.92. The Morgan fingerprint density at radius 3 is 2.49 bits per heavy atom. The van der Waals surface area contributed by atoms with Crippen LogP contribution in [0.1, 0.15) is 77.3 Å². The maximum Gasteiger partial charge on any atom is 0.305 e. The number of rotatable bonds is 14. The summed E-state index contributed by atoms with van der Waals surface area (Å²) in [7, 11) is -2.11. The van der Waals surface area contributed by atoms with Crippen LogP contribution in [0.5, 0.6) is 5.75 Å². The van der Waals surface area contributed by atoms with Crippen LogP contribution in [-0.4, -0.2) is 89.3 Å². The van der Waals surface area contributed by atoms with Crippen molar-refractivity contribution in [1.29, 1.82) is 0 Å². The van der Waals surface area contributed by atoms with Crippen molar-refractivity contribution < 1.29 is 22.7 Å². The lowest BCUT2D eigenvalue weighted by Gasteiger charge is -2.31. The van der Waals surface area contributed by atoms with E-state index in [1.807, 2.05) is 13.8 Å².